The first kappa shape index (κ1) is 13.6. The molecule has 19 heavy (non-hydrogen) atoms. The van der Waals surface area contributed by atoms with Crippen molar-refractivity contribution in [2.75, 3.05) is 11.9 Å². The van der Waals surface area contributed by atoms with E-state index >= 15 is 0 Å². The highest BCUT2D eigenvalue weighted by molar-refractivity contribution is 7.10. The molecule has 2 aromatic rings. The first-order valence-corrected chi connectivity index (χ1v) is 6.81. The highest BCUT2D eigenvalue weighted by atomic mass is 32.1. The van der Waals surface area contributed by atoms with Crippen LogP contribution in [0, 0.1) is 0 Å². The predicted molar refractivity (Wildman–Crippen MR) is 75.8 cm³/mol. The summed E-state index contributed by atoms with van der Waals surface area (Å²) in [5.41, 5.74) is 2.41. The zero-order valence-corrected chi connectivity index (χ0v) is 11.1. The zero-order chi connectivity index (χ0) is 13.7. The van der Waals surface area contributed by atoms with Crippen LogP contribution in [-0.2, 0) is 13.0 Å². The highest BCUT2D eigenvalue weighted by Crippen LogP contribution is 2.17. The van der Waals surface area contributed by atoms with Crippen molar-refractivity contribution in [2.24, 2.45) is 0 Å². The number of aromatic carboxylic acids is 1. The highest BCUT2D eigenvalue weighted by Gasteiger charge is 2.06. The standard InChI is InChI=1S/C14H15NO3S/c16-6-5-10-1-3-12(4-2-10)15-8-13-7-11(9-19-13)14(17)18/h1-4,7,9,15-16H,5-6,8H2,(H,17,18). The summed E-state index contributed by atoms with van der Waals surface area (Å²) < 4.78 is 0. The maximum Gasteiger partial charge on any atom is 0.336 e. The second-order valence-electron chi connectivity index (χ2n) is 4.13. The van der Waals surface area contributed by atoms with Crippen molar-refractivity contribution in [3.05, 3.63) is 51.7 Å². The summed E-state index contributed by atoms with van der Waals surface area (Å²) in [7, 11) is 0. The van der Waals surface area contributed by atoms with Gasteiger partial charge in [0, 0.05) is 29.1 Å². The molecule has 0 aliphatic carbocycles. The number of thiophene rings is 1. The number of aliphatic hydroxyl groups excluding tert-OH is 1. The van der Waals surface area contributed by atoms with Crippen LogP contribution in [0.5, 0.6) is 0 Å². The van der Waals surface area contributed by atoms with Gasteiger partial charge in [-0.3, -0.25) is 0 Å². The lowest BCUT2D eigenvalue weighted by Gasteiger charge is -2.05. The van der Waals surface area contributed by atoms with Crippen molar-refractivity contribution in [3.63, 3.8) is 0 Å². The molecule has 1 aromatic carbocycles. The average Bonchev–Trinajstić information content (AvgIpc) is 2.87. The molecule has 0 spiro atoms. The predicted octanol–water partition coefficient (Wildman–Crippen LogP) is 2.59. The molecule has 0 amide bonds. The third kappa shape index (κ3) is 3.81. The zero-order valence-electron chi connectivity index (χ0n) is 10.3. The van der Waals surface area contributed by atoms with Crippen molar-refractivity contribution >= 4 is 23.0 Å². The van der Waals surface area contributed by atoms with Gasteiger partial charge in [-0.2, -0.15) is 0 Å². The Morgan fingerprint density at radius 2 is 2.00 bits per heavy atom. The van der Waals surface area contributed by atoms with E-state index in [4.69, 9.17) is 10.2 Å². The maximum absolute atomic E-state index is 10.8. The topological polar surface area (TPSA) is 69.6 Å². The van der Waals surface area contributed by atoms with Gasteiger partial charge in [-0.15, -0.1) is 11.3 Å². The Kier molecular flexibility index (Phi) is 4.54. The van der Waals surface area contributed by atoms with Gasteiger partial charge in [-0.1, -0.05) is 12.1 Å². The summed E-state index contributed by atoms with van der Waals surface area (Å²) in [5, 5.41) is 22.5. The lowest BCUT2D eigenvalue weighted by molar-refractivity contribution is 0.0697. The monoisotopic (exact) mass is 277 g/mol. The van der Waals surface area contributed by atoms with Crippen LogP contribution in [0.2, 0.25) is 0 Å². The Balaban J connectivity index is 1.92. The molecular weight excluding hydrogens is 262 g/mol. The number of nitrogens with one attached hydrogen (secondary N) is 1. The summed E-state index contributed by atoms with van der Waals surface area (Å²) in [5.74, 6) is -0.893. The van der Waals surface area contributed by atoms with Gasteiger partial charge in [0.15, 0.2) is 0 Å². The Bertz CT molecular complexity index is 548. The van der Waals surface area contributed by atoms with Crippen molar-refractivity contribution in [2.45, 2.75) is 13.0 Å². The normalized spacial score (nSPS) is 10.4. The molecule has 0 aliphatic rings. The minimum absolute atomic E-state index is 0.153. The van der Waals surface area contributed by atoms with Gasteiger partial charge in [0.25, 0.3) is 0 Å². The molecule has 3 N–H and O–H groups in total. The third-order valence-corrected chi connectivity index (χ3v) is 3.66. The van der Waals surface area contributed by atoms with E-state index in [1.807, 2.05) is 24.3 Å². The molecule has 100 valence electrons. The minimum atomic E-state index is -0.893. The molecule has 5 heteroatoms. The van der Waals surface area contributed by atoms with E-state index in [1.54, 1.807) is 11.4 Å². The quantitative estimate of drug-likeness (QED) is 0.759. The van der Waals surface area contributed by atoms with E-state index in [0.29, 0.717) is 18.5 Å². The molecule has 0 bridgehead atoms. The summed E-state index contributed by atoms with van der Waals surface area (Å²) in [6.07, 6.45) is 0.660. The first-order chi connectivity index (χ1) is 9.19. The van der Waals surface area contributed by atoms with Crippen LogP contribution < -0.4 is 5.32 Å². The number of rotatable bonds is 6. The molecule has 0 unspecified atom stereocenters. The van der Waals surface area contributed by atoms with Crippen molar-refractivity contribution in [1.82, 2.24) is 0 Å². The van der Waals surface area contributed by atoms with Crippen LogP contribution in [0.3, 0.4) is 0 Å². The number of hydrogen-bond donors (Lipinski definition) is 3. The number of carbonyl (C=O) groups is 1. The fourth-order valence-electron chi connectivity index (χ4n) is 1.69. The number of benzene rings is 1. The second kappa shape index (κ2) is 6.36. The number of carboxylic acid groups (broad SMARTS) is 1. The van der Waals surface area contributed by atoms with E-state index < -0.39 is 5.97 Å². The van der Waals surface area contributed by atoms with E-state index in [2.05, 4.69) is 5.32 Å². The number of carboxylic acids is 1. The molecule has 4 nitrogen and oxygen atoms in total. The summed E-state index contributed by atoms with van der Waals surface area (Å²) in [4.78, 5) is 11.7. The number of anilines is 1. The Labute approximate surface area is 115 Å². The van der Waals surface area contributed by atoms with E-state index in [9.17, 15) is 4.79 Å². The molecule has 0 saturated carbocycles. The van der Waals surface area contributed by atoms with Crippen LogP contribution in [0.1, 0.15) is 20.8 Å². The van der Waals surface area contributed by atoms with E-state index in [0.717, 1.165) is 16.1 Å². The first-order valence-electron chi connectivity index (χ1n) is 5.93. The van der Waals surface area contributed by atoms with Gasteiger partial charge in [-0.25, -0.2) is 4.79 Å². The fourth-order valence-corrected chi connectivity index (χ4v) is 2.49. The summed E-state index contributed by atoms with van der Waals surface area (Å²) in [6, 6.07) is 9.53. The Morgan fingerprint density at radius 1 is 1.26 bits per heavy atom. The molecule has 1 heterocycles. The SMILES string of the molecule is O=C(O)c1csc(CNc2ccc(CCO)cc2)c1. The van der Waals surface area contributed by atoms with Crippen LogP contribution >= 0.6 is 11.3 Å². The summed E-state index contributed by atoms with van der Waals surface area (Å²) in [6.45, 7) is 0.761. The fraction of sp³-hybridized carbons (Fsp3) is 0.214. The molecule has 2 rings (SSSR count). The van der Waals surface area contributed by atoms with Crippen LogP contribution in [0.25, 0.3) is 0 Å². The van der Waals surface area contributed by atoms with Crippen molar-refractivity contribution in [3.8, 4) is 0 Å². The molecule has 0 atom stereocenters. The van der Waals surface area contributed by atoms with Crippen LogP contribution in [0.4, 0.5) is 5.69 Å². The largest absolute Gasteiger partial charge is 0.478 e. The Morgan fingerprint density at radius 3 is 2.58 bits per heavy atom. The van der Waals surface area contributed by atoms with E-state index in [1.165, 1.54) is 11.3 Å². The lowest BCUT2D eigenvalue weighted by Crippen LogP contribution is -1.98. The molecule has 0 saturated heterocycles. The third-order valence-electron chi connectivity index (χ3n) is 2.72. The Hall–Kier alpha value is -1.85. The van der Waals surface area contributed by atoms with Crippen LogP contribution in [-0.4, -0.2) is 22.8 Å². The van der Waals surface area contributed by atoms with Gasteiger partial charge in [0.05, 0.1) is 5.56 Å². The van der Waals surface area contributed by atoms with Crippen LogP contribution in [0.15, 0.2) is 35.7 Å². The van der Waals surface area contributed by atoms with Crippen molar-refractivity contribution < 1.29 is 15.0 Å². The average molecular weight is 277 g/mol. The van der Waals surface area contributed by atoms with Gasteiger partial charge in [0.2, 0.25) is 0 Å². The maximum atomic E-state index is 10.8. The second-order valence-corrected chi connectivity index (χ2v) is 5.13. The molecular formula is C14H15NO3S. The minimum Gasteiger partial charge on any atom is -0.478 e. The van der Waals surface area contributed by atoms with Gasteiger partial charge in [0.1, 0.15) is 0 Å². The number of hydrogen-bond acceptors (Lipinski definition) is 4. The number of aliphatic hydroxyl groups is 1. The van der Waals surface area contributed by atoms with Crippen molar-refractivity contribution in [1.29, 1.82) is 0 Å². The lowest BCUT2D eigenvalue weighted by atomic mass is 10.1. The van der Waals surface area contributed by atoms with Gasteiger partial charge >= 0.3 is 5.97 Å². The van der Waals surface area contributed by atoms with Gasteiger partial charge in [-0.05, 0) is 30.2 Å². The van der Waals surface area contributed by atoms with Gasteiger partial charge < -0.3 is 15.5 Å². The molecule has 0 aliphatic heterocycles. The summed E-state index contributed by atoms with van der Waals surface area (Å²) >= 11 is 1.43. The molecule has 0 fully saturated rings. The molecule has 0 radical (unpaired) electrons. The molecule has 1 aromatic heterocycles. The smallest absolute Gasteiger partial charge is 0.336 e. The van der Waals surface area contributed by atoms with E-state index in [-0.39, 0.29) is 6.61 Å².